The molecule has 0 heterocycles. The second-order valence-electron chi connectivity index (χ2n) is 3.85. The van der Waals surface area contributed by atoms with Crippen LogP contribution in [-0.4, -0.2) is 38.2 Å². The van der Waals surface area contributed by atoms with Crippen molar-refractivity contribution in [2.75, 3.05) is 12.3 Å². The van der Waals surface area contributed by atoms with Crippen LogP contribution in [-0.2, 0) is 15.9 Å². The van der Waals surface area contributed by atoms with E-state index in [1.807, 2.05) is 13.8 Å². The Kier molecular flexibility index (Phi) is 7.54. The Morgan fingerprint density at radius 3 is 2.47 bits per heavy atom. The summed E-state index contributed by atoms with van der Waals surface area (Å²) < 4.78 is 18.8. The van der Waals surface area contributed by atoms with Gasteiger partial charge in [-0.15, -0.1) is 0 Å². The number of carbonyl (C=O) groups is 1. The smallest absolute Gasteiger partial charge is 0.320 e. The maximum atomic E-state index is 10.8. The molecule has 0 aromatic heterocycles. The molecular weight excluding hydrogens is 218 g/mol. The first-order valence-corrected chi connectivity index (χ1v) is 6.24. The third-order valence-corrected chi connectivity index (χ3v) is 2.53. The molecule has 0 aliphatic heterocycles. The van der Waals surface area contributed by atoms with Gasteiger partial charge in [-0.25, -0.2) is 4.21 Å². The molecule has 15 heavy (non-hydrogen) atoms. The van der Waals surface area contributed by atoms with Crippen LogP contribution in [0.1, 0.15) is 26.7 Å². The fraction of sp³-hybridized carbons (Fsp3) is 0.889. The molecule has 90 valence electrons. The lowest BCUT2D eigenvalue weighted by Gasteiger charge is -2.15. The average Bonchev–Trinajstić information content (AvgIpc) is 2.08. The molecule has 0 aromatic rings. The Morgan fingerprint density at radius 1 is 1.47 bits per heavy atom. The van der Waals surface area contributed by atoms with Crippen molar-refractivity contribution < 1.29 is 18.7 Å². The van der Waals surface area contributed by atoms with Crippen molar-refractivity contribution >= 4 is 17.0 Å². The molecule has 0 aliphatic carbocycles. The lowest BCUT2D eigenvalue weighted by Crippen LogP contribution is -2.38. The third kappa shape index (κ3) is 8.53. The number of rotatable bonds is 8. The number of nitrogens with one attached hydrogen (secondary N) is 1. The lowest BCUT2D eigenvalue weighted by atomic mass is 10.0. The van der Waals surface area contributed by atoms with Crippen LogP contribution < -0.4 is 5.32 Å². The topological polar surface area (TPSA) is 86.6 Å². The van der Waals surface area contributed by atoms with Gasteiger partial charge in [0, 0.05) is 0 Å². The monoisotopic (exact) mass is 237 g/mol. The molecule has 0 saturated heterocycles. The highest BCUT2D eigenvalue weighted by Crippen LogP contribution is 2.04. The first kappa shape index (κ1) is 14.5. The Hall–Kier alpha value is -0.460. The van der Waals surface area contributed by atoms with E-state index in [-0.39, 0.29) is 5.75 Å². The Labute approximate surface area is 92.5 Å². The number of hydrogen-bond donors (Lipinski definition) is 3. The second-order valence-corrected chi connectivity index (χ2v) is 4.90. The van der Waals surface area contributed by atoms with Crippen LogP contribution in [0.2, 0.25) is 0 Å². The quantitative estimate of drug-likeness (QED) is 0.427. The van der Waals surface area contributed by atoms with E-state index in [0.717, 1.165) is 0 Å². The Morgan fingerprint density at radius 2 is 2.07 bits per heavy atom. The molecule has 2 unspecified atom stereocenters. The van der Waals surface area contributed by atoms with Gasteiger partial charge in [0.1, 0.15) is 6.04 Å². The van der Waals surface area contributed by atoms with E-state index in [9.17, 15) is 9.00 Å². The van der Waals surface area contributed by atoms with Crippen molar-refractivity contribution in [3.05, 3.63) is 0 Å². The fourth-order valence-electron chi connectivity index (χ4n) is 1.21. The number of carboxylic acids is 1. The molecule has 0 spiro atoms. The van der Waals surface area contributed by atoms with Gasteiger partial charge >= 0.3 is 5.97 Å². The van der Waals surface area contributed by atoms with Crippen LogP contribution in [0.4, 0.5) is 0 Å². The maximum Gasteiger partial charge on any atom is 0.320 e. The summed E-state index contributed by atoms with van der Waals surface area (Å²) in [6.45, 7) is 4.37. The van der Waals surface area contributed by atoms with Crippen molar-refractivity contribution in [3.63, 3.8) is 0 Å². The van der Waals surface area contributed by atoms with E-state index in [4.69, 9.17) is 9.66 Å². The van der Waals surface area contributed by atoms with Crippen LogP contribution in [0.15, 0.2) is 0 Å². The van der Waals surface area contributed by atoms with Gasteiger partial charge in [-0.3, -0.25) is 4.79 Å². The minimum absolute atomic E-state index is 0.182. The van der Waals surface area contributed by atoms with Crippen molar-refractivity contribution in [3.8, 4) is 0 Å². The minimum atomic E-state index is -1.79. The van der Waals surface area contributed by atoms with Crippen LogP contribution in [0.5, 0.6) is 0 Å². The highest BCUT2D eigenvalue weighted by molar-refractivity contribution is 7.79. The van der Waals surface area contributed by atoms with Gasteiger partial charge < -0.3 is 15.0 Å². The molecule has 0 bridgehead atoms. The molecule has 3 N–H and O–H groups in total. The number of hydrogen-bond acceptors (Lipinski definition) is 3. The molecular formula is C9H19NO4S. The molecule has 0 aromatic carbocycles. The molecule has 0 radical (unpaired) electrons. The highest BCUT2D eigenvalue weighted by Gasteiger charge is 2.17. The second kappa shape index (κ2) is 7.78. The van der Waals surface area contributed by atoms with E-state index in [2.05, 4.69) is 5.32 Å². The molecule has 0 rings (SSSR count). The van der Waals surface area contributed by atoms with Crippen molar-refractivity contribution in [2.45, 2.75) is 32.7 Å². The zero-order valence-electron chi connectivity index (χ0n) is 9.10. The van der Waals surface area contributed by atoms with Gasteiger partial charge in [-0.2, -0.15) is 0 Å². The first-order valence-electron chi connectivity index (χ1n) is 4.97. The molecule has 0 saturated carbocycles. The predicted molar refractivity (Wildman–Crippen MR) is 59.1 cm³/mol. The third-order valence-electron chi connectivity index (χ3n) is 1.89. The first-order chi connectivity index (χ1) is 6.93. The Balaban J connectivity index is 3.76. The van der Waals surface area contributed by atoms with Crippen molar-refractivity contribution in [1.82, 2.24) is 5.32 Å². The zero-order chi connectivity index (χ0) is 11.8. The molecule has 2 atom stereocenters. The predicted octanol–water partition coefficient (Wildman–Crippen LogP) is 0.687. The van der Waals surface area contributed by atoms with Gasteiger partial charge in [0.25, 0.3) is 0 Å². The van der Waals surface area contributed by atoms with Crippen LogP contribution in [0.25, 0.3) is 0 Å². The van der Waals surface area contributed by atoms with Gasteiger partial charge in [0.2, 0.25) is 0 Å². The zero-order valence-corrected chi connectivity index (χ0v) is 9.92. The van der Waals surface area contributed by atoms with E-state index in [1.54, 1.807) is 0 Å². The maximum absolute atomic E-state index is 10.8. The fourth-order valence-corrected chi connectivity index (χ4v) is 1.61. The summed E-state index contributed by atoms with van der Waals surface area (Å²) in [6.07, 6.45) is 1.07. The Bertz CT molecular complexity index is 220. The van der Waals surface area contributed by atoms with Crippen molar-refractivity contribution in [1.29, 1.82) is 0 Å². The van der Waals surface area contributed by atoms with E-state index < -0.39 is 23.1 Å². The van der Waals surface area contributed by atoms with E-state index in [0.29, 0.717) is 25.3 Å². The highest BCUT2D eigenvalue weighted by atomic mass is 32.2. The standard InChI is InChI=1S/C9H19NO4S/c1-7(2)6-8(9(11)12)10-4-3-5-15(13)14/h7-8,10H,3-6H2,1-2H3,(H,11,12)(H,13,14). The van der Waals surface area contributed by atoms with Gasteiger partial charge in [0.15, 0.2) is 11.1 Å². The van der Waals surface area contributed by atoms with Gasteiger partial charge in [0.05, 0.1) is 5.75 Å². The summed E-state index contributed by atoms with van der Waals surface area (Å²) in [5.41, 5.74) is 0. The van der Waals surface area contributed by atoms with Crippen LogP contribution in [0.3, 0.4) is 0 Å². The van der Waals surface area contributed by atoms with Gasteiger partial charge in [-0.05, 0) is 25.3 Å². The molecule has 0 aliphatic rings. The largest absolute Gasteiger partial charge is 0.480 e. The van der Waals surface area contributed by atoms with E-state index >= 15 is 0 Å². The normalized spacial score (nSPS) is 15.2. The summed E-state index contributed by atoms with van der Waals surface area (Å²) in [7, 11) is 0. The minimum Gasteiger partial charge on any atom is -0.480 e. The molecule has 5 nitrogen and oxygen atoms in total. The summed E-state index contributed by atoms with van der Waals surface area (Å²) in [4.78, 5) is 10.8. The number of carboxylic acid groups (broad SMARTS) is 1. The summed E-state index contributed by atoms with van der Waals surface area (Å²) in [5, 5.41) is 11.7. The van der Waals surface area contributed by atoms with Crippen LogP contribution >= 0.6 is 0 Å². The SMILES string of the molecule is CC(C)CC(NCCCS(=O)O)C(=O)O. The average molecular weight is 237 g/mol. The van der Waals surface area contributed by atoms with Crippen LogP contribution in [0, 0.1) is 5.92 Å². The molecule has 0 fully saturated rings. The summed E-state index contributed by atoms with van der Waals surface area (Å²) in [6, 6.07) is -0.558. The van der Waals surface area contributed by atoms with Crippen molar-refractivity contribution in [2.24, 2.45) is 5.92 Å². The summed E-state index contributed by atoms with van der Waals surface area (Å²) >= 11 is -1.79. The lowest BCUT2D eigenvalue weighted by molar-refractivity contribution is -0.139. The van der Waals surface area contributed by atoms with Gasteiger partial charge in [-0.1, -0.05) is 13.8 Å². The number of aliphatic carboxylic acids is 1. The summed E-state index contributed by atoms with van der Waals surface area (Å²) in [5.74, 6) is -0.375. The molecule has 0 amide bonds. The van der Waals surface area contributed by atoms with E-state index in [1.165, 1.54) is 0 Å². The molecule has 6 heteroatoms.